The Morgan fingerprint density at radius 2 is 1.21 bits per heavy atom. The van der Waals surface area contributed by atoms with E-state index in [-0.39, 0.29) is 6.10 Å². The van der Waals surface area contributed by atoms with Gasteiger partial charge >= 0.3 is 92.0 Å². The van der Waals surface area contributed by atoms with Gasteiger partial charge in [-0.25, -0.2) is 0 Å². The zero-order valence-electron chi connectivity index (χ0n) is 9.83. The van der Waals surface area contributed by atoms with Gasteiger partial charge in [0.2, 0.25) is 0 Å². The zero-order valence-corrected chi connectivity index (χ0v) is 11.4. The van der Waals surface area contributed by atoms with Crippen LogP contribution in [0.4, 0.5) is 0 Å². The molecule has 0 aromatic heterocycles. The third kappa shape index (κ3) is 5.44. The van der Waals surface area contributed by atoms with Gasteiger partial charge in [-0.1, -0.05) is 0 Å². The second-order valence-electron chi connectivity index (χ2n) is 2.97. The molecule has 0 aliphatic carbocycles. The van der Waals surface area contributed by atoms with Crippen molar-refractivity contribution in [3.8, 4) is 0 Å². The summed E-state index contributed by atoms with van der Waals surface area (Å²) in [6, 6.07) is 0. The summed E-state index contributed by atoms with van der Waals surface area (Å²) in [5.74, 6) is 0. The van der Waals surface area contributed by atoms with Crippen molar-refractivity contribution in [3.05, 3.63) is 0 Å². The van der Waals surface area contributed by atoms with Gasteiger partial charge in [-0.05, 0) is 0 Å². The Bertz CT molecular complexity index is 124. The average Bonchev–Trinajstić information content (AvgIpc) is 2.03. The van der Waals surface area contributed by atoms with Gasteiger partial charge in [-0.3, -0.25) is 0 Å². The summed E-state index contributed by atoms with van der Waals surface area (Å²) >= 11 is -3.39. The van der Waals surface area contributed by atoms with E-state index in [9.17, 15) is 0 Å². The zero-order chi connectivity index (χ0) is 11.0. The molecule has 0 saturated heterocycles. The van der Waals surface area contributed by atoms with E-state index in [0.29, 0.717) is 19.8 Å². The van der Waals surface area contributed by atoms with Crippen LogP contribution in [-0.2, 0) is 31.4 Å². The second kappa shape index (κ2) is 7.80. The fourth-order valence-corrected chi connectivity index (χ4v) is 4.31. The monoisotopic (exact) mass is 242 g/mol. The molecule has 86 valence electrons. The summed E-state index contributed by atoms with van der Waals surface area (Å²) in [6.45, 7) is 11.4. The van der Waals surface area contributed by atoms with Crippen LogP contribution >= 0.6 is 0 Å². The first-order valence-corrected chi connectivity index (χ1v) is 7.74. The molecule has 0 unspecified atom stereocenters. The number of rotatable bonds is 8. The van der Waals surface area contributed by atoms with Crippen molar-refractivity contribution in [2.75, 3.05) is 19.8 Å². The summed E-state index contributed by atoms with van der Waals surface area (Å²) in [4.78, 5) is 0. The summed E-state index contributed by atoms with van der Waals surface area (Å²) in [5, 5.41) is 0. The van der Waals surface area contributed by atoms with E-state index in [1.165, 1.54) is 0 Å². The quantitative estimate of drug-likeness (QED) is 0.612. The van der Waals surface area contributed by atoms with Crippen molar-refractivity contribution in [2.45, 2.75) is 40.7 Å². The van der Waals surface area contributed by atoms with Crippen molar-refractivity contribution < 1.29 is 31.4 Å². The average molecular weight is 242 g/mol. The molecule has 0 fully saturated rings. The molecule has 0 atom stereocenters. The SMILES string of the molecule is CC[O][Ti]([O]CC)([O]CC)[O]C(C)C. The van der Waals surface area contributed by atoms with Gasteiger partial charge in [0, 0.05) is 0 Å². The molecule has 14 heavy (non-hydrogen) atoms. The molecular formula is C9H22O4Ti. The first-order valence-electron chi connectivity index (χ1n) is 5.19. The van der Waals surface area contributed by atoms with Crippen LogP contribution in [0.1, 0.15) is 34.6 Å². The van der Waals surface area contributed by atoms with E-state index in [0.717, 1.165) is 0 Å². The van der Waals surface area contributed by atoms with Crippen LogP contribution in [0.15, 0.2) is 0 Å². The molecule has 0 spiro atoms. The Kier molecular flexibility index (Phi) is 8.10. The molecular weight excluding hydrogens is 220 g/mol. The molecule has 0 bridgehead atoms. The van der Waals surface area contributed by atoms with Gasteiger partial charge in [0.1, 0.15) is 0 Å². The minimum absolute atomic E-state index is 0.0691. The molecule has 0 saturated carbocycles. The fraction of sp³-hybridized carbons (Fsp3) is 1.00. The van der Waals surface area contributed by atoms with E-state index < -0.39 is 18.1 Å². The minimum atomic E-state index is -3.39. The predicted octanol–water partition coefficient (Wildman–Crippen LogP) is 2.33. The van der Waals surface area contributed by atoms with Gasteiger partial charge in [-0.15, -0.1) is 0 Å². The predicted molar refractivity (Wildman–Crippen MR) is 51.1 cm³/mol. The molecule has 0 aromatic rings. The number of hydrogen-bond donors (Lipinski definition) is 0. The van der Waals surface area contributed by atoms with Crippen LogP contribution in [0.5, 0.6) is 0 Å². The van der Waals surface area contributed by atoms with Gasteiger partial charge in [0.05, 0.1) is 0 Å². The van der Waals surface area contributed by atoms with E-state index in [4.69, 9.17) is 13.3 Å². The Morgan fingerprint density at radius 1 is 0.857 bits per heavy atom. The third-order valence-corrected chi connectivity index (χ3v) is 5.54. The van der Waals surface area contributed by atoms with Crippen LogP contribution in [0.3, 0.4) is 0 Å². The van der Waals surface area contributed by atoms with E-state index in [1.54, 1.807) is 0 Å². The first-order chi connectivity index (χ1) is 6.60. The summed E-state index contributed by atoms with van der Waals surface area (Å²) in [6.07, 6.45) is 0.0691. The van der Waals surface area contributed by atoms with Crippen molar-refractivity contribution in [1.29, 1.82) is 0 Å². The Hall–Kier alpha value is 0.554. The van der Waals surface area contributed by atoms with E-state index in [1.807, 2.05) is 34.6 Å². The maximum atomic E-state index is 5.68. The van der Waals surface area contributed by atoms with Crippen LogP contribution in [0, 0.1) is 0 Å². The van der Waals surface area contributed by atoms with Crippen molar-refractivity contribution >= 4 is 0 Å². The van der Waals surface area contributed by atoms with Gasteiger partial charge in [0.15, 0.2) is 0 Å². The van der Waals surface area contributed by atoms with Crippen LogP contribution in [0.25, 0.3) is 0 Å². The fourth-order valence-electron chi connectivity index (χ4n) is 1.05. The molecule has 0 aliphatic rings. The van der Waals surface area contributed by atoms with E-state index >= 15 is 0 Å². The molecule has 0 rings (SSSR count). The summed E-state index contributed by atoms with van der Waals surface area (Å²) < 4.78 is 22.3. The summed E-state index contributed by atoms with van der Waals surface area (Å²) in [7, 11) is 0. The van der Waals surface area contributed by atoms with Gasteiger partial charge < -0.3 is 0 Å². The summed E-state index contributed by atoms with van der Waals surface area (Å²) in [5.41, 5.74) is 0. The molecule has 0 aromatic carbocycles. The van der Waals surface area contributed by atoms with Crippen molar-refractivity contribution in [3.63, 3.8) is 0 Å². The second-order valence-corrected chi connectivity index (χ2v) is 6.25. The Morgan fingerprint density at radius 3 is 1.43 bits per heavy atom. The van der Waals surface area contributed by atoms with Crippen molar-refractivity contribution in [2.24, 2.45) is 0 Å². The Balaban J connectivity index is 4.37. The Labute approximate surface area is 92.1 Å². The molecule has 0 aliphatic heterocycles. The van der Waals surface area contributed by atoms with E-state index in [2.05, 4.69) is 0 Å². The van der Waals surface area contributed by atoms with Crippen LogP contribution in [-0.4, -0.2) is 25.9 Å². The molecule has 0 radical (unpaired) electrons. The van der Waals surface area contributed by atoms with Gasteiger partial charge in [0.25, 0.3) is 0 Å². The first kappa shape index (κ1) is 14.6. The normalized spacial score (nSPS) is 12.4. The van der Waals surface area contributed by atoms with Crippen molar-refractivity contribution in [1.82, 2.24) is 0 Å². The van der Waals surface area contributed by atoms with Crippen LogP contribution < -0.4 is 0 Å². The molecule has 5 heteroatoms. The maximum absolute atomic E-state index is 5.68. The standard InChI is InChI=1S/C3H7O.3C2H5O.Ti/c1-3(2)4;3*1-2-3;/h3H,1-2H3;3*2H2,1H3;/q4*-1;+4. The third-order valence-electron chi connectivity index (χ3n) is 1.34. The van der Waals surface area contributed by atoms with Gasteiger partial charge in [-0.2, -0.15) is 0 Å². The molecule has 0 heterocycles. The molecule has 0 amide bonds. The topological polar surface area (TPSA) is 36.9 Å². The number of hydrogen-bond acceptors (Lipinski definition) is 4. The van der Waals surface area contributed by atoms with Crippen LogP contribution in [0.2, 0.25) is 0 Å². The molecule has 4 nitrogen and oxygen atoms in total. The molecule has 0 N–H and O–H groups in total.